The highest BCUT2D eigenvalue weighted by atomic mass is 16.1. The molecule has 0 aliphatic rings. The van der Waals surface area contributed by atoms with Crippen LogP contribution >= 0.6 is 0 Å². The van der Waals surface area contributed by atoms with Gasteiger partial charge in [-0.3, -0.25) is 4.79 Å². The largest absolute Gasteiger partial charge is 0.366 e. The third-order valence-electron chi connectivity index (χ3n) is 4.78. The number of carbonyl (C=O) groups excluding carboxylic acids is 1. The Morgan fingerprint density at radius 2 is 1.76 bits per heavy atom. The molecule has 2 N–H and O–H groups in total. The summed E-state index contributed by atoms with van der Waals surface area (Å²) < 4.78 is 2.30. The van der Waals surface area contributed by atoms with Gasteiger partial charge in [0.25, 0.3) is 0 Å². The molecule has 0 aliphatic carbocycles. The van der Waals surface area contributed by atoms with Crippen LogP contribution in [0.1, 0.15) is 21.5 Å². The molecule has 3 heteroatoms. The van der Waals surface area contributed by atoms with E-state index in [0.29, 0.717) is 5.56 Å². The molecule has 25 heavy (non-hydrogen) atoms. The van der Waals surface area contributed by atoms with Crippen LogP contribution in [-0.2, 0) is 13.0 Å². The maximum absolute atomic E-state index is 11.9. The van der Waals surface area contributed by atoms with Crippen molar-refractivity contribution in [1.82, 2.24) is 4.57 Å². The standard InChI is InChI=1S/C22H20N2O/c1-15-10-11-17-20(14-15)24(13-12-16-6-3-2-4-7-16)19-9-5-8-18(21(17)19)22(23)25/h2-11,14H,12-13H2,1H3,(H2,23,25). The molecule has 0 radical (unpaired) electrons. The van der Waals surface area contributed by atoms with Crippen molar-refractivity contribution >= 4 is 27.7 Å². The van der Waals surface area contributed by atoms with Gasteiger partial charge in [0.2, 0.25) is 5.91 Å². The number of primary amides is 1. The molecule has 1 aromatic heterocycles. The number of hydrogen-bond donors (Lipinski definition) is 1. The molecule has 0 atom stereocenters. The number of nitrogens with zero attached hydrogens (tertiary/aromatic N) is 1. The maximum Gasteiger partial charge on any atom is 0.249 e. The van der Waals surface area contributed by atoms with Crippen molar-refractivity contribution in [3.05, 3.63) is 83.4 Å². The van der Waals surface area contributed by atoms with E-state index in [0.717, 1.165) is 34.8 Å². The third kappa shape index (κ3) is 2.68. The fourth-order valence-corrected chi connectivity index (χ4v) is 3.59. The predicted molar refractivity (Wildman–Crippen MR) is 103 cm³/mol. The van der Waals surface area contributed by atoms with Crippen molar-refractivity contribution in [3.8, 4) is 0 Å². The Bertz CT molecular complexity index is 1080. The van der Waals surface area contributed by atoms with Gasteiger partial charge in [0.15, 0.2) is 0 Å². The normalized spacial score (nSPS) is 11.2. The lowest BCUT2D eigenvalue weighted by atomic mass is 10.1. The number of nitrogens with two attached hydrogens (primary N) is 1. The summed E-state index contributed by atoms with van der Waals surface area (Å²) in [5, 5.41) is 2.04. The molecule has 0 bridgehead atoms. The van der Waals surface area contributed by atoms with E-state index in [4.69, 9.17) is 5.73 Å². The van der Waals surface area contributed by atoms with Crippen molar-refractivity contribution in [2.45, 2.75) is 19.9 Å². The van der Waals surface area contributed by atoms with Crippen LogP contribution in [0.25, 0.3) is 21.8 Å². The summed E-state index contributed by atoms with van der Waals surface area (Å²) in [5.41, 5.74) is 10.9. The summed E-state index contributed by atoms with van der Waals surface area (Å²) in [6, 6.07) is 22.6. The Hall–Kier alpha value is -3.07. The summed E-state index contributed by atoms with van der Waals surface area (Å²) in [4.78, 5) is 11.9. The number of carbonyl (C=O) groups is 1. The lowest BCUT2D eigenvalue weighted by molar-refractivity contribution is 0.100. The Morgan fingerprint density at radius 3 is 2.52 bits per heavy atom. The monoisotopic (exact) mass is 328 g/mol. The Balaban J connectivity index is 1.93. The number of aryl methyl sites for hydroxylation is 3. The van der Waals surface area contributed by atoms with Crippen LogP contribution in [0.15, 0.2) is 66.7 Å². The van der Waals surface area contributed by atoms with Crippen LogP contribution in [-0.4, -0.2) is 10.5 Å². The van der Waals surface area contributed by atoms with E-state index < -0.39 is 0 Å². The molecule has 4 rings (SSSR count). The Labute approximate surface area is 146 Å². The minimum absolute atomic E-state index is 0.381. The first-order valence-electron chi connectivity index (χ1n) is 8.50. The van der Waals surface area contributed by atoms with Crippen molar-refractivity contribution in [2.75, 3.05) is 0 Å². The molecule has 0 saturated heterocycles. The number of hydrogen-bond acceptors (Lipinski definition) is 1. The molecule has 3 aromatic carbocycles. The SMILES string of the molecule is Cc1ccc2c3c(C(N)=O)cccc3n(CCc3ccccc3)c2c1. The Kier molecular flexibility index (Phi) is 3.77. The number of amides is 1. The second-order valence-electron chi connectivity index (χ2n) is 6.47. The predicted octanol–water partition coefficient (Wildman–Crippen LogP) is 4.44. The molecule has 1 amide bonds. The second kappa shape index (κ2) is 6.10. The molecule has 1 heterocycles. The fraction of sp³-hybridized carbons (Fsp3) is 0.136. The van der Waals surface area contributed by atoms with Gasteiger partial charge < -0.3 is 10.3 Å². The van der Waals surface area contributed by atoms with E-state index in [9.17, 15) is 4.79 Å². The van der Waals surface area contributed by atoms with Gasteiger partial charge in [0.05, 0.1) is 0 Å². The molecule has 3 nitrogen and oxygen atoms in total. The second-order valence-corrected chi connectivity index (χ2v) is 6.47. The zero-order valence-corrected chi connectivity index (χ0v) is 14.2. The van der Waals surface area contributed by atoms with Gasteiger partial charge in [0, 0.05) is 33.9 Å². The van der Waals surface area contributed by atoms with E-state index in [1.807, 2.05) is 18.2 Å². The summed E-state index contributed by atoms with van der Waals surface area (Å²) in [7, 11) is 0. The molecule has 0 spiro atoms. The van der Waals surface area contributed by atoms with Gasteiger partial charge in [-0.1, -0.05) is 48.5 Å². The van der Waals surface area contributed by atoms with Crippen LogP contribution in [0.3, 0.4) is 0 Å². The number of benzene rings is 3. The van der Waals surface area contributed by atoms with Gasteiger partial charge in [0.1, 0.15) is 0 Å². The molecular formula is C22H20N2O. The van der Waals surface area contributed by atoms with E-state index in [1.165, 1.54) is 11.1 Å². The molecular weight excluding hydrogens is 308 g/mol. The van der Waals surface area contributed by atoms with Crippen molar-refractivity contribution in [2.24, 2.45) is 5.73 Å². The van der Waals surface area contributed by atoms with Crippen LogP contribution in [0.2, 0.25) is 0 Å². The van der Waals surface area contributed by atoms with Gasteiger partial charge in [-0.05, 0) is 42.7 Å². The first-order valence-corrected chi connectivity index (χ1v) is 8.50. The summed E-state index contributed by atoms with van der Waals surface area (Å²) in [5.74, 6) is -0.381. The number of rotatable bonds is 4. The van der Waals surface area contributed by atoms with Crippen molar-refractivity contribution in [1.29, 1.82) is 0 Å². The minimum Gasteiger partial charge on any atom is -0.366 e. The highest BCUT2D eigenvalue weighted by Gasteiger charge is 2.16. The highest BCUT2D eigenvalue weighted by Crippen LogP contribution is 2.32. The highest BCUT2D eigenvalue weighted by molar-refractivity contribution is 6.17. The zero-order valence-electron chi connectivity index (χ0n) is 14.2. The quantitative estimate of drug-likeness (QED) is 0.591. The molecule has 0 fully saturated rings. The van der Waals surface area contributed by atoms with Crippen molar-refractivity contribution in [3.63, 3.8) is 0 Å². The smallest absolute Gasteiger partial charge is 0.249 e. The first kappa shape index (κ1) is 15.5. The van der Waals surface area contributed by atoms with E-state index in [-0.39, 0.29) is 5.91 Å². The lowest BCUT2D eigenvalue weighted by Gasteiger charge is -2.08. The zero-order chi connectivity index (χ0) is 17.4. The molecule has 124 valence electrons. The van der Waals surface area contributed by atoms with Crippen LogP contribution in [0.5, 0.6) is 0 Å². The van der Waals surface area contributed by atoms with Crippen LogP contribution < -0.4 is 5.73 Å². The van der Waals surface area contributed by atoms with E-state index in [1.54, 1.807) is 0 Å². The summed E-state index contributed by atoms with van der Waals surface area (Å²) in [6.45, 7) is 2.95. The molecule has 0 saturated carbocycles. The van der Waals surface area contributed by atoms with E-state index in [2.05, 4.69) is 60.0 Å². The van der Waals surface area contributed by atoms with Gasteiger partial charge in [-0.15, -0.1) is 0 Å². The van der Waals surface area contributed by atoms with Gasteiger partial charge >= 0.3 is 0 Å². The van der Waals surface area contributed by atoms with E-state index >= 15 is 0 Å². The van der Waals surface area contributed by atoms with Gasteiger partial charge in [-0.2, -0.15) is 0 Å². The number of aromatic nitrogens is 1. The van der Waals surface area contributed by atoms with Crippen LogP contribution in [0.4, 0.5) is 0 Å². The summed E-state index contributed by atoms with van der Waals surface area (Å²) >= 11 is 0. The first-order chi connectivity index (χ1) is 12.1. The maximum atomic E-state index is 11.9. The fourth-order valence-electron chi connectivity index (χ4n) is 3.59. The van der Waals surface area contributed by atoms with Gasteiger partial charge in [-0.25, -0.2) is 0 Å². The van der Waals surface area contributed by atoms with Crippen molar-refractivity contribution < 1.29 is 4.79 Å². The Morgan fingerprint density at radius 1 is 0.960 bits per heavy atom. The lowest BCUT2D eigenvalue weighted by Crippen LogP contribution is -2.11. The molecule has 0 unspecified atom stereocenters. The average molecular weight is 328 g/mol. The molecule has 4 aromatic rings. The summed E-state index contributed by atoms with van der Waals surface area (Å²) in [6.07, 6.45) is 0.939. The minimum atomic E-state index is -0.381. The van der Waals surface area contributed by atoms with Crippen LogP contribution in [0, 0.1) is 6.92 Å². The number of fused-ring (bicyclic) bond motifs is 3. The average Bonchev–Trinajstić information content (AvgIpc) is 2.93. The third-order valence-corrected chi connectivity index (χ3v) is 4.78. The molecule has 0 aliphatic heterocycles. The topological polar surface area (TPSA) is 48.0 Å².